The topological polar surface area (TPSA) is 53.5 Å². The molecule has 0 aliphatic carbocycles. The second-order valence-corrected chi connectivity index (χ2v) is 8.04. The quantitative estimate of drug-likeness (QED) is 0.826. The number of anilines is 1. The third-order valence-electron chi connectivity index (χ3n) is 4.51. The Morgan fingerprint density at radius 3 is 2.75 bits per heavy atom. The minimum atomic E-state index is -3.07. The van der Waals surface area contributed by atoms with Crippen LogP contribution in [-0.4, -0.2) is 50.1 Å². The van der Waals surface area contributed by atoms with Gasteiger partial charge in [0.05, 0.1) is 6.26 Å². The lowest BCUT2D eigenvalue weighted by atomic mass is 9.80. The molecule has 110 valence electrons. The summed E-state index contributed by atoms with van der Waals surface area (Å²) in [6, 6.07) is 5.94. The van der Waals surface area contributed by atoms with Crippen LogP contribution in [0.25, 0.3) is 0 Å². The fourth-order valence-electron chi connectivity index (χ4n) is 3.45. The zero-order valence-corrected chi connectivity index (χ0v) is 12.6. The van der Waals surface area contributed by atoms with Gasteiger partial charge in [-0.15, -0.1) is 0 Å². The van der Waals surface area contributed by atoms with E-state index in [2.05, 4.69) is 9.88 Å². The Balaban J connectivity index is 1.75. The third-order valence-corrected chi connectivity index (χ3v) is 5.76. The summed E-state index contributed by atoms with van der Waals surface area (Å²) in [7, 11) is -3.07. The van der Waals surface area contributed by atoms with Crippen LogP contribution in [0.1, 0.15) is 19.3 Å². The highest BCUT2D eigenvalue weighted by Gasteiger charge is 2.43. The second-order valence-electron chi connectivity index (χ2n) is 6.06. The molecule has 1 aromatic heterocycles. The van der Waals surface area contributed by atoms with Crippen LogP contribution < -0.4 is 4.90 Å². The summed E-state index contributed by atoms with van der Waals surface area (Å²) >= 11 is 0. The van der Waals surface area contributed by atoms with E-state index in [-0.39, 0.29) is 5.41 Å². The minimum Gasteiger partial charge on any atom is -0.356 e. The van der Waals surface area contributed by atoms with Crippen LogP contribution in [0.5, 0.6) is 0 Å². The van der Waals surface area contributed by atoms with E-state index in [9.17, 15) is 8.42 Å². The van der Waals surface area contributed by atoms with Crippen LogP contribution in [0.2, 0.25) is 0 Å². The molecule has 0 aromatic carbocycles. The highest BCUT2D eigenvalue weighted by molar-refractivity contribution is 7.88. The first-order valence-electron chi connectivity index (χ1n) is 7.10. The smallest absolute Gasteiger partial charge is 0.211 e. The van der Waals surface area contributed by atoms with E-state index in [1.165, 1.54) is 6.26 Å². The zero-order valence-electron chi connectivity index (χ0n) is 11.8. The van der Waals surface area contributed by atoms with Crippen molar-refractivity contribution < 1.29 is 8.42 Å². The van der Waals surface area contributed by atoms with Gasteiger partial charge >= 0.3 is 0 Å². The molecule has 2 fully saturated rings. The molecular weight excluding hydrogens is 274 g/mol. The van der Waals surface area contributed by atoms with Crippen LogP contribution in [0, 0.1) is 5.41 Å². The van der Waals surface area contributed by atoms with Gasteiger partial charge in [-0.1, -0.05) is 6.07 Å². The van der Waals surface area contributed by atoms with Crippen molar-refractivity contribution in [1.82, 2.24) is 9.29 Å². The van der Waals surface area contributed by atoms with Gasteiger partial charge in [0.1, 0.15) is 5.82 Å². The van der Waals surface area contributed by atoms with Gasteiger partial charge in [0.2, 0.25) is 10.0 Å². The Hall–Kier alpha value is -1.14. The highest BCUT2D eigenvalue weighted by atomic mass is 32.2. The van der Waals surface area contributed by atoms with Crippen molar-refractivity contribution in [2.75, 3.05) is 37.3 Å². The van der Waals surface area contributed by atoms with E-state index in [1.54, 1.807) is 4.31 Å². The first-order valence-corrected chi connectivity index (χ1v) is 8.95. The van der Waals surface area contributed by atoms with Crippen molar-refractivity contribution in [2.45, 2.75) is 19.3 Å². The number of hydrogen-bond donors (Lipinski definition) is 0. The van der Waals surface area contributed by atoms with Gasteiger partial charge in [-0.25, -0.2) is 17.7 Å². The molecule has 0 bridgehead atoms. The van der Waals surface area contributed by atoms with Gasteiger partial charge in [-0.2, -0.15) is 0 Å². The average molecular weight is 295 g/mol. The number of aromatic nitrogens is 1. The van der Waals surface area contributed by atoms with Gasteiger partial charge in [0.25, 0.3) is 0 Å². The monoisotopic (exact) mass is 295 g/mol. The van der Waals surface area contributed by atoms with Crippen molar-refractivity contribution in [3.8, 4) is 0 Å². The van der Waals surface area contributed by atoms with E-state index < -0.39 is 10.0 Å². The van der Waals surface area contributed by atoms with Gasteiger partial charge in [0, 0.05) is 37.8 Å². The minimum absolute atomic E-state index is 0.110. The van der Waals surface area contributed by atoms with Crippen LogP contribution >= 0.6 is 0 Å². The number of pyridine rings is 1. The van der Waals surface area contributed by atoms with Crippen LogP contribution in [0.4, 0.5) is 5.82 Å². The summed E-state index contributed by atoms with van der Waals surface area (Å²) in [5.41, 5.74) is 0.110. The summed E-state index contributed by atoms with van der Waals surface area (Å²) < 4.78 is 25.2. The lowest BCUT2D eigenvalue weighted by molar-refractivity contribution is 0.169. The molecule has 0 radical (unpaired) electrons. The Morgan fingerprint density at radius 1 is 1.20 bits per heavy atom. The molecule has 0 saturated carbocycles. The first-order chi connectivity index (χ1) is 9.49. The number of nitrogens with zero attached hydrogens (tertiary/aromatic N) is 3. The molecule has 1 atom stereocenters. The molecule has 3 rings (SSSR count). The lowest BCUT2D eigenvalue weighted by Gasteiger charge is -2.39. The van der Waals surface area contributed by atoms with Crippen molar-refractivity contribution in [2.24, 2.45) is 5.41 Å². The molecule has 1 aromatic rings. The lowest BCUT2D eigenvalue weighted by Crippen LogP contribution is -2.47. The summed E-state index contributed by atoms with van der Waals surface area (Å²) in [4.78, 5) is 6.68. The fraction of sp³-hybridized carbons (Fsp3) is 0.643. The maximum Gasteiger partial charge on any atom is 0.211 e. The van der Waals surface area contributed by atoms with E-state index in [0.29, 0.717) is 13.1 Å². The molecule has 2 aliphatic rings. The van der Waals surface area contributed by atoms with Crippen molar-refractivity contribution in [3.63, 3.8) is 0 Å². The first kappa shape index (κ1) is 13.8. The van der Waals surface area contributed by atoms with Crippen molar-refractivity contribution in [1.29, 1.82) is 0 Å². The van der Waals surface area contributed by atoms with E-state index >= 15 is 0 Å². The molecule has 1 spiro atoms. The largest absolute Gasteiger partial charge is 0.356 e. The molecule has 2 saturated heterocycles. The van der Waals surface area contributed by atoms with Gasteiger partial charge in [0.15, 0.2) is 0 Å². The standard InChI is InChI=1S/C14H21N3O2S/c1-20(18,19)17-9-4-6-14(12-17)7-10-16(11-14)13-5-2-3-8-15-13/h2-3,5,8H,4,6-7,9-12H2,1H3/t14-/m0/s1. The van der Waals surface area contributed by atoms with Crippen LogP contribution in [-0.2, 0) is 10.0 Å². The summed E-state index contributed by atoms with van der Waals surface area (Å²) in [5.74, 6) is 1.00. The molecule has 0 amide bonds. The molecule has 6 heteroatoms. The predicted molar refractivity (Wildman–Crippen MR) is 79.2 cm³/mol. The fourth-order valence-corrected chi connectivity index (χ4v) is 4.42. The number of sulfonamides is 1. The van der Waals surface area contributed by atoms with E-state index in [0.717, 1.165) is 38.2 Å². The van der Waals surface area contributed by atoms with Gasteiger partial charge in [-0.3, -0.25) is 0 Å². The Kier molecular flexibility index (Phi) is 3.46. The average Bonchev–Trinajstić information content (AvgIpc) is 2.83. The molecule has 3 heterocycles. The zero-order chi connectivity index (χ0) is 14.2. The van der Waals surface area contributed by atoms with E-state index in [4.69, 9.17) is 0 Å². The third kappa shape index (κ3) is 2.67. The molecule has 0 N–H and O–H groups in total. The SMILES string of the molecule is CS(=O)(=O)N1CCC[C@@]2(CCN(c3ccccn3)C2)C1. The molecular formula is C14H21N3O2S. The molecule has 0 unspecified atom stereocenters. The maximum atomic E-state index is 11.8. The van der Waals surface area contributed by atoms with Crippen molar-refractivity contribution in [3.05, 3.63) is 24.4 Å². The molecule has 20 heavy (non-hydrogen) atoms. The number of piperidine rings is 1. The Bertz CT molecular complexity index is 575. The van der Waals surface area contributed by atoms with Crippen LogP contribution in [0.15, 0.2) is 24.4 Å². The van der Waals surface area contributed by atoms with Crippen molar-refractivity contribution >= 4 is 15.8 Å². The normalized spacial score (nSPS) is 28.1. The summed E-state index contributed by atoms with van der Waals surface area (Å²) in [6.45, 7) is 3.21. The number of rotatable bonds is 2. The predicted octanol–water partition coefficient (Wildman–Crippen LogP) is 1.33. The Morgan fingerprint density at radius 2 is 2.05 bits per heavy atom. The number of hydrogen-bond acceptors (Lipinski definition) is 4. The summed E-state index contributed by atoms with van der Waals surface area (Å²) in [5, 5.41) is 0. The highest BCUT2D eigenvalue weighted by Crippen LogP contribution is 2.40. The maximum absolute atomic E-state index is 11.8. The Labute approximate surface area is 120 Å². The van der Waals surface area contributed by atoms with Gasteiger partial charge < -0.3 is 4.90 Å². The van der Waals surface area contributed by atoms with Gasteiger partial charge in [-0.05, 0) is 31.4 Å². The summed E-state index contributed by atoms with van der Waals surface area (Å²) in [6.07, 6.45) is 6.25. The molecule has 5 nitrogen and oxygen atoms in total. The van der Waals surface area contributed by atoms with Crippen LogP contribution in [0.3, 0.4) is 0 Å². The van der Waals surface area contributed by atoms with E-state index in [1.807, 2.05) is 24.4 Å². The second kappa shape index (κ2) is 5.00. The molecule has 2 aliphatic heterocycles.